The summed E-state index contributed by atoms with van der Waals surface area (Å²) < 4.78 is 28.1. The van der Waals surface area contributed by atoms with Crippen LogP contribution < -0.4 is 5.73 Å². The zero-order chi connectivity index (χ0) is 13.6. The molecule has 0 fully saturated rings. The number of fused-ring (bicyclic) bond motifs is 1. The Kier molecular flexibility index (Phi) is 2.41. The standard InChI is InChI=1S/C12H9F2N5/c1-19-5-8(7-2-6(13)3-17-12(7)19)11-16-4-9(14)10(15)18-11/h2-5H,1H3,(H2,15,16,18). The Hall–Kier alpha value is -2.57. The third kappa shape index (κ3) is 1.79. The molecule has 7 heteroatoms. The molecule has 0 amide bonds. The van der Waals surface area contributed by atoms with E-state index in [1.807, 2.05) is 0 Å². The number of rotatable bonds is 1. The molecular formula is C12H9F2N5. The van der Waals surface area contributed by atoms with E-state index in [9.17, 15) is 8.78 Å². The van der Waals surface area contributed by atoms with Crippen molar-refractivity contribution in [1.29, 1.82) is 0 Å². The summed E-state index contributed by atoms with van der Waals surface area (Å²) in [4.78, 5) is 11.7. The van der Waals surface area contributed by atoms with Crippen LogP contribution in [0.2, 0.25) is 0 Å². The van der Waals surface area contributed by atoms with Crippen molar-refractivity contribution in [3.8, 4) is 11.4 Å². The van der Waals surface area contributed by atoms with Crippen LogP contribution in [0.15, 0.2) is 24.7 Å². The van der Waals surface area contributed by atoms with Gasteiger partial charge in [-0.25, -0.2) is 23.7 Å². The molecule has 0 spiro atoms. The highest BCUT2D eigenvalue weighted by Gasteiger charge is 2.14. The molecule has 3 aromatic heterocycles. The molecule has 0 radical (unpaired) electrons. The van der Waals surface area contributed by atoms with Crippen molar-refractivity contribution in [3.63, 3.8) is 0 Å². The van der Waals surface area contributed by atoms with Crippen molar-refractivity contribution < 1.29 is 8.78 Å². The van der Waals surface area contributed by atoms with Gasteiger partial charge < -0.3 is 10.3 Å². The van der Waals surface area contributed by atoms with Crippen LogP contribution in [0.25, 0.3) is 22.4 Å². The summed E-state index contributed by atoms with van der Waals surface area (Å²) in [5.41, 5.74) is 6.55. The van der Waals surface area contributed by atoms with Gasteiger partial charge in [-0.2, -0.15) is 0 Å². The van der Waals surface area contributed by atoms with Gasteiger partial charge in [0.05, 0.1) is 12.4 Å². The third-order valence-electron chi connectivity index (χ3n) is 2.79. The second-order valence-electron chi connectivity index (χ2n) is 4.11. The normalized spacial score (nSPS) is 11.1. The first kappa shape index (κ1) is 11.5. The molecule has 0 saturated carbocycles. The zero-order valence-electron chi connectivity index (χ0n) is 9.93. The van der Waals surface area contributed by atoms with Gasteiger partial charge in [0, 0.05) is 24.2 Å². The first-order valence-corrected chi connectivity index (χ1v) is 5.45. The van der Waals surface area contributed by atoms with Crippen molar-refractivity contribution in [3.05, 3.63) is 36.3 Å². The molecule has 3 rings (SSSR count). The lowest BCUT2D eigenvalue weighted by Crippen LogP contribution is -1.98. The van der Waals surface area contributed by atoms with Crippen LogP contribution in [-0.4, -0.2) is 19.5 Å². The zero-order valence-corrected chi connectivity index (χ0v) is 9.93. The molecule has 2 N–H and O–H groups in total. The molecule has 0 aliphatic carbocycles. The molecular weight excluding hydrogens is 252 g/mol. The number of anilines is 1. The number of nitrogen functional groups attached to an aromatic ring is 1. The van der Waals surface area contributed by atoms with E-state index in [4.69, 9.17) is 5.73 Å². The molecule has 5 nitrogen and oxygen atoms in total. The quantitative estimate of drug-likeness (QED) is 0.726. The third-order valence-corrected chi connectivity index (χ3v) is 2.79. The predicted octanol–water partition coefficient (Wildman–Crippen LogP) is 1.89. The molecule has 3 heterocycles. The fourth-order valence-electron chi connectivity index (χ4n) is 1.92. The van der Waals surface area contributed by atoms with Crippen LogP contribution in [0.1, 0.15) is 0 Å². The SMILES string of the molecule is Cn1cc(-c2ncc(F)c(N)n2)c2cc(F)cnc21. The second kappa shape index (κ2) is 3.98. The second-order valence-corrected chi connectivity index (χ2v) is 4.11. The van der Waals surface area contributed by atoms with Crippen molar-refractivity contribution in [1.82, 2.24) is 19.5 Å². The minimum absolute atomic E-state index is 0.233. The van der Waals surface area contributed by atoms with Crippen LogP contribution in [0.3, 0.4) is 0 Å². The van der Waals surface area contributed by atoms with Crippen molar-refractivity contribution in [2.24, 2.45) is 7.05 Å². The Morgan fingerprint density at radius 3 is 2.74 bits per heavy atom. The molecule has 0 aliphatic rings. The number of nitrogens with zero attached hydrogens (tertiary/aromatic N) is 4. The minimum atomic E-state index is -0.687. The summed E-state index contributed by atoms with van der Waals surface area (Å²) in [6.07, 6.45) is 3.82. The van der Waals surface area contributed by atoms with Crippen molar-refractivity contribution in [2.75, 3.05) is 5.73 Å². The molecule has 0 unspecified atom stereocenters. The average molecular weight is 261 g/mol. The van der Waals surface area contributed by atoms with E-state index in [-0.39, 0.29) is 11.6 Å². The van der Waals surface area contributed by atoms with Crippen molar-refractivity contribution >= 4 is 16.9 Å². The van der Waals surface area contributed by atoms with Gasteiger partial charge in [0.2, 0.25) is 0 Å². The van der Waals surface area contributed by atoms with E-state index in [1.165, 1.54) is 6.07 Å². The van der Waals surface area contributed by atoms with Gasteiger partial charge in [-0.3, -0.25) is 0 Å². The molecule has 0 aromatic carbocycles. The number of aryl methyl sites for hydroxylation is 1. The highest BCUT2D eigenvalue weighted by molar-refractivity contribution is 5.92. The number of pyridine rings is 1. The Balaban J connectivity index is 2.29. The summed E-state index contributed by atoms with van der Waals surface area (Å²) in [5, 5.41) is 0.550. The van der Waals surface area contributed by atoms with E-state index in [2.05, 4.69) is 15.0 Å². The number of nitrogens with two attached hydrogens (primary N) is 1. The van der Waals surface area contributed by atoms with Crippen LogP contribution in [0.4, 0.5) is 14.6 Å². The van der Waals surface area contributed by atoms with Gasteiger partial charge in [0.1, 0.15) is 11.5 Å². The van der Waals surface area contributed by atoms with Gasteiger partial charge in [-0.1, -0.05) is 0 Å². The monoisotopic (exact) mass is 261 g/mol. The van der Waals surface area contributed by atoms with Gasteiger partial charge in [-0.05, 0) is 6.07 Å². The average Bonchev–Trinajstić information content (AvgIpc) is 2.70. The van der Waals surface area contributed by atoms with E-state index >= 15 is 0 Å². The Morgan fingerprint density at radius 1 is 1.21 bits per heavy atom. The number of aromatic nitrogens is 4. The lowest BCUT2D eigenvalue weighted by atomic mass is 10.2. The maximum atomic E-state index is 13.3. The van der Waals surface area contributed by atoms with Gasteiger partial charge in [-0.15, -0.1) is 0 Å². The fraction of sp³-hybridized carbons (Fsp3) is 0.0833. The minimum Gasteiger partial charge on any atom is -0.381 e. The summed E-state index contributed by atoms with van der Waals surface area (Å²) >= 11 is 0. The lowest BCUT2D eigenvalue weighted by Gasteiger charge is -2.00. The fourth-order valence-corrected chi connectivity index (χ4v) is 1.92. The van der Waals surface area contributed by atoms with Gasteiger partial charge in [0.25, 0.3) is 0 Å². The van der Waals surface area contributed by atoms with Crippen LogP contribution in [0.5, 0.6) is 0 Å². The summed E-state index contributed by atoms with van der Waals surface area (Å²) in [7, 11) is 1.77. The first-order valence-electron chi connectivity index (χ1n) is 5.45. The van der Waals surface area contributed by atoms with E-state index in [0.29, 0.717) is 16.6 Å². The van der Waals surface area contributed by atoms with Crippen LogP contribution in [0, 0.1) is 11.6 Å². The smallest absolute Gasteiger partial charge is 0.183 e. The topological polar surface area (TPSA) is 69.6 Å². The molecule has 0 atom stereocenters. The molecule has 0 aliphatic heterocycles. The maximum Gasteiger partial charge on any atom is 0.183 e. The summed E-state index contributed by atoms with van der Waals surface area (Å²) in [6, 6.07) is 1.33. The largest absolute Gasteiger partial charge is 0.381 e. The number of halogens is 2. The molecule has 0 bridgehead atoms. The predicted molar refractivity (Wildman–Crippen MR) is 66.1 cm³/mol. The first-order chi connectivity index (χ1) is 9.06. The molecule has 19 heavy (non-hydrogen) atoms. The molecule has 3 aromatic rings. The summed E-state index contributed by atoms with van der Waals surface area (Å²) in [6.45, 7) is 0. The number of hydrogen-bond donors (Lipinski definition) is 1. The Labute approximate surface area is 106 Å². The summed E-state index contributed by atoms with van der Waals surface area (Å²) in [5.74, 6) is -1.16. The van der Waals surface area contributed by atoms with Crippen LogP contribution in [-0.2, 0) is 7.05 Å². The Bertz CT molecular complexity index is 781. The molecule has 96 valence electrons. The van der Waals surface area contributed by atoms with Gasteiger partial charge >= 0.3 is 0 Å². The Morgan fingerprint density at radius 2 is 2.00 bits per heavy atom. The van der Waals surface area contributed by atoms with Gasteiger partial charge in [0.15, 0.2) is 17.5 Å². The van der Waals surface area contributed by atoms with Crippen molar-refractivity contribution in [2.45, 2.75) is 0 Å². The van der Waals surface area contributed by atoms with E-state index < -0.39 is 11.6 Å². The number of hydrogen-bond acceptors (Lipinski definition) is 4. The van der Waals surface area contributed by atoms with E-state index in [0.717, 1.165) is 12.4 Å². The van der Waals surface area contributed by atoms with E-state index in [1.54, 1.807) is 17.8 Å². The highest BCUT2D eigenvalue weighted by atomic mass is 19.1. The highest BCUT2D eigenvalue weighted by Crippen LogP contribution is 2.27. The van der Waals surface area contributed by atoms with Crippen LogP contribution >= 0.6 is 0 Å². The lowest BCUT2D eigenvalue weighted by molar-refractivity contribution is 0.620. The maximum absolute atomic E-state index is 13.3. The molecule has 0 saturated heterocycles.